The lowest BCUT2D eigenvalue weighted by Gasteiger charge is -2.17. The number of thiocarbonyl (C=S) groups is 1. The molecule has 5 nitrogen and oxygen atoms in total. The van der Waals surface area contributed by atoms with Crippen LogP contribution in [-0.2, 0) is 10.0 Å². The van der Waals surface area contributed by atoms with Crippen LogP contribution in [0.15, 0.2) is 17.0 Å². The summed E-state index contributed by atoms with van der Waals surface area (Å²) in [5, 5.41) is 6.50. The molecular formula is C13H21N3O2S2. The van der Waals surface area contributed by atoms with Crippen LogP contribution in [0, 0.1) is 13.8 Å². The Bertz CT molecular complexity index is 610. The van der Waals surface area contributed by atoms with Gasteiger partial charge in [0.25, 0.3) is 0 Å². The Morgan fingerprint density at radius 1 is 1.30 bits per heavy atom. The highest BCUT2D eigenvalue weighted by Gasteiger charge is 2.19. The Balaban J connectivity index is 3.27. The van der Waals surface area contributed by atoms with Crippen molar-refractivity contribution in [2.24, 2.45) is 0 Å². The topological polar surface area (TPSA) is 61.4 Å². The van der Waals surface area contributed by atoms with Gasteiger partial charge in [-0.05, 0) is 56.2 Å². The number of benzene rings is 1. The van der Waals surface area contributed by atoms with Gasteiger partial charge in [-0.15, -0.1) is 0 Å². The molecule has 0 saturated heterocycles. The van der Waals surface area contributed by atoms with Crippen molar-refractivity contribution in [3.8, 4) is 0 Å². The molecule has 0 saturated carbocycles. The molecular weight excluding hydrogens is 294 g/mol. The van der Waals surface area contributed by atoms with Crippen LogP contribution in [-0.4, -0.2) is 38.5 Å². The van der Waals surface area contributed by atoms with E-state index < -0.39 is 10.0 Å². The largest absolute Gasteiger partial charge is 0.363 e. The average Bonchev–Trinajstić information content (AvgIpc) is 2.34. The van der Waals surface area contributed by atoms with E-state index in [1.807, 2.05) is 20.8 Å². The van der Waals surface area contributed by atoms with E-state index in [2.05, 4.69) is 10.6 Å². The van der Waals surface area contributed by atoms with Gasteiger partial charge in [0.1, 0.15) is 0 Å². The molecule has 0 amide bonds. The summed E-state index contributed by atoms with van der Waals surface area (Å²) in [6.45, 7) is 6.46. The van der Waals surface area contributed by atoms with Gasteiger partial charge >= 0.3 is 0 Å². The molecule has 0 unspecified atom stereocenters. The van der Waals surface area contributed by atoms with Crippen molar-refractivity contribution in [3.05, 3.63) is 23.3 Å². The van der Waals surface area contributed by atoms with Gasteiger partial charge < -0.3 is 10.6 Å². The number of rotatable bonds is 4. The maximum Gasteiger partial charge on any atom is 0.242 e. The fourth-order valence-corrected chi connectivity index (χ4v) is 2.91. The normalized spacial score (nSPS) is 11.5. The van der Waals surface area contributed by atoms with Crippen LogP contribution in [0.1, 0.15) is 18.1 Å². The van der Waals surface area contributed by atoms with E-state index in [0.29, 0.717) is 17.3 Å². The highest BCUT2D eigenvalue weighted by molar-refractivity contribution is 7.89. The van der Waals surface area contributed by atoms with Gasteiger partial charge in [0.2, 0.25) is 10.0 Å². The lowest BCUT2D eigenvalue weighted by Crippen LogP contribution is -2.28. The summed E-state index contributed by atoms with van der Waals surface area (Å²) in [6, 6.07) is 3.29. The van der Waals surface area contributed by atoms with E-state index >= 15 is 0 Å². The summed E-state index contributed by atoms with van der Waals surface area (Å²) in [5.74, 6) is 0. The van der Waals surface area contributed by atoms with E-state index in [9.17, 15) is 8.42 Å². The van der Waals surface area contributed by atoms with Gasteiger partial charge in [-0.3, -0.25) is 0 Å². The molecule has 0 bridgehead atoms. The third kappa shape index (κ3) is 3.68. The van der Waals surface area contributed by atoms with Gasteiger partial charge in [0.05, 0.1) is 4.90 Å². The van der Waals surface area contributed by atoms with E-state index in [4.69, 9.17) is 12.2 Å². The zero-order valence-electron chi connectivity index (χ0n) is 12.4. The number of anilines is 1. The van der Waals surface area contributed by atoms with Crippen LogP contribution >= 0.6 is 12.2 Å². The first-order valence-corrected chi connectivity index (χ1v) is 8.13. The number of aryl methyl sites for hydroxylation is 1. The van der Waals surface area contributed by atoms with Gasteiger partial charge in [-0.25, -0.2) is 12.7 Å². The lowest BCUT2D eigenvalue weighted by atomic mass is 10.1. The summed E-state index contributed by atoms with van der Waals surface area (Å²) >= 11 is 5.14. The van der Waals surface area contributed by atoms with E-state index in [1.54, 1.807) is 12.1 Å². The first-order chi connectivity index (χ1) is 9.20. The lowest BCUT2D eigenvalue weighted by molar-refractivity contribution is 0.520. The van der Waals surface area contributed by atoms with Crippen molar-refractivity contribution in [2.45, 2.75) is 25.7 Å². The highest BCUT2D eigenvalue weighted by atomic mass is 32.2. The number of hydrogen-bond acceptors (Lipinski definition) is 3. The quantitative estimate of drug-likeness (QED) is 0.831. The molecule has 0 heterocycles. The van der Waals surface area contributed by atoms with E-state index in [-0.39, 0.29) is 4.90 Å². The zero-order chi connectivity index (χ0) is 15.5. The molecule has 1 rings (SSSR count). The van der Waals surface area contributed by atoms with Gasteiger partial charge in [-0.1, -0.05) is 0 Å². The minimum atomic E-state index is -3.46. The molecule has 0 aliphatic carbocycles. The predicted octanol–water partition coefficient (Wildman–Crippen LogP) is 1.86. The molecule has 1 aromatic carbocycles. The molecule has 0 atom stereocenters. The van der Waals surface area contributed by atoms with Crippen LogP contribution in [0.3, 0.4) is 0 Å². The van der Waals surface area contributed by atoms with Crippen LogP contribution in [0.4, 0.5) is 5.69 Å². The predicted molar refractivity (Wildman–Crippen MR) is 86.7 cm³/mol. The SMILES string of the molecule is CCNC(=S)Nc1cc(S(=O)(=O)N(C)C)cc(C)c1C. The van der Waals surface area contributed by atoms with E-state index in [1.165, 1.54) is 18.4 Å². The third-order valence-corrected chi connectivity index (χ3v) is 5.04. The first-order valence-electron chi connectivity index (χ1n) is 6.28. The summed E-state index contributed by atoms with van der Waals surface area (Å²) in [4.78, 5) is 0.257. The maximum atomic E-state index is 12.2. The molecule has 0 aliphatic rings. The molecule has 2 N–H and O–H groups in total. The summed E-state index contributed by atoms with van der Waals surface area (Å²) in [7, 11) is -0.428. The molecule has 0 aromatic heterocycles. The number of sulfonamides is 1. The van der Waals surface area contributed by atoms with Crippen LogP contribution in [0.5, 0.6) is 0 Å². The Labute approximate surface area is 126 Å². The summed E-state index contributed by atoms with van der Waals surface area (Å²) in [5.41, 5.74) is 2.58. The van der Waals surface area contributed by atoms with Crippen LogP contribution in [0.25, 0.3) is 0 Å². The van der Waals surface area contributed by atoms with Crippen molar-refractivity contribution < 1.29 is 8.42 Å². The van der Waals surface area contributed by atoms with E-state index in [0.717, 1.165) is 11.1 Å². The third-order valence-electron chi connectivity index (χ3n) is 3.00. The Kier molecular flexibility index (Phi) is 5.50. The smallest absolute Gasteiger partial charge is 0.242 e. The summed E-state index contributed by atoms with van der Waals surface area (Å²) in [6.07, 6.45) is 0. The fraction of sp³-hybridized carbons (Fsp3) is 0.462. The summed E-state index contributed by atoms with van der Waals surface area (Å²) < 4.78 is 25.6. The van der Waals surface area contributed by atoms with Crippen molar-refractivity contribution in [1.82, 2.24) is 9.62 Å². The Hall–Kier alpha value is -1.18. The molecule has 112 valence electrons. The standard InChI is InChI=1S/C13H21N3O2S2/c1-6-14-13(19)15-12-8-11(7-9(2)10(12)3)20(17,18)16(4)5/h7-8H,6H2,1-5H3,(H2,14,15,19). The number of hydrogen-bond donors (Lipinski definition) is 2. The second-order valence-electron chi connectivity index (χ2n) is 4.68. The number of nitrogens with zero attached hydrogens (tertiary/aromatic N) is 1. The minimum absolute atomic E-state index is 0.257. The highest BCUT2D eigenvalue weighted by Crippen LogP contribution is 2.25. The first kappa shape index (κ1) is 16.9. The fourth-order valence-electron chi connectivity index (χ4n) is 1.64. The second kappa shape index (κ2) is 6.51. The molecule has 0 radical (unpaired) electrons. The van der Waals surface area contributed by atoms with Crippen LogP contribution in [0.2, 0.25) is 0 Å². The van der Waals surface area contributed by atoms with Crippen molar-refractivity contribution in [2.75, 3.05) is 26.0 Å². The number of nitrogens with one attached hydrogen (secondary N) is 2. The second-order valence-corrected chi connectivity index (χ2v) is 7.24. The van der Waals surface area contributed by atoms with Gasteiger partial charge in [0.15, 0.2) is 5.11 Å². The van der Waals surface area contributed by atoms with Crippen molar-refractivity contribution in [3.63, 3.8) is 0 Å². The minimum Gasteiger partial charge on any atom is -0.363 e. The maximum absolute atomic E-state index is 12.2. The molecule has 0 fully saturated rings. The van der Waals surface area contributed by atoms with Crippen molar-refractivity contribution >= 4 is 33.0 Å². The average molecular weight is 315 g/mol. The molecule has 0 aliphatic heterocycles. The van der Waals surface area contributed by atoms with Crippen molar-refractivity contribution in [1.29, 1.82) is 0 Å². The molecule has 7 heteroatoms. The Morgan fingerprint density at radius 3 is 2.40 bits per heavy atom. The zero-order valence-corrected chi connectivity index (χ0v) is 14.1. The van der Waals surface area contributed by atoms with Gasteiger partial charge in [0, 0.05) is 26.3 Å². The van der Waals surface area contributed by atoms with Crippen LogP contribution < -0.4 is 10.6 Å². The Morgan fingerprint density at radius 2 is 1.90 bits per heavy atom. The molecule has 0 spiro atoms. The monoisotopic (exact) mass is 315 g/mol. The molecule has 1 aromatic rings. The van der Waals surface area contributed by atoms with Gasteiger partial charge in [-0.2, -0.15) is 0 Å². The molecule has 20 heavy (non-hydrogen) atoms.